The van der Waals surface area contributed by atoms with Gasteiger partial charge < -0.3 is 9.64 Å². The van der Waals surface area contributed by atoms with Crippen LogP contribution in [0.25, 0.3) is 5.65 Å². The topological polar surface area (TPSA) is 84.1 Å². The summed E-state index contributed by atoms with van der Waals surface area (Å²) in [6.45, 7) is 10.7. The molecule has 0 unspecified atom stereocenters. The quantitative estimate of drug-likeness (QED) is 0.590. The molecule has 1 aliphatic heterocycles. The number of amides is 1. The maximum atomic E-state index is 12.5. The van der Waals surface area contributed by atoms with Gasteiger partial charge in [0.05, 0.1) is 17.1 Å². The summed E-state index contributed by atoms with van der Waals surface area (Å²) in [7, 11) is 0. The van der Waals surface area contributed by atoms with Gasteiger partial charge in [0.1, 0.15) is 17.2 Å². The summed E-state index contributed by atoms with van der Waals surface area (Å²) in [5.41, 5.74) is 0.0717. The van der Waals surface area contributed by atoms with Crippen LogP contribution < -0.4 is 10.2 Å². The predicted octanol–water partition coefficient (Wildman–Crippen LogP) is 4.51. The highest BCUT2D eigenvalue weighted by Crippen LogP contribution is 2.33. The summed E-state index contributed by atoms with van der Waals surface area (Å²) < 4.78 is 7.08. The van der Waals surface area contributed by atoms with Gasteiger partial charge in [0.2, 0.25) is 0 Å². The monoisotopic (exact) mass is 438 g/mol. The highest BCUT2D eigenvalue weighted by molar-refractivity contribution is 7.99. The maximum Gasteiger partial charge on any atom is 0.413 e. The predicted molar refractivity (Wildman–Crippen MR) is 124 cm³/mol. The first-order chi connectivity index (χ1) is 14.8. The fourth-order valence-corrected chi connectivity index (χ4v) is 4.25. The fraction of sp³-hybridized carbons (Fsp3) is 0.364. The van der Waals surface area contributed by atoms with Crippen molar-refractivity contribution in [2.45, 2.75) is 48.6 Å². The normalized spacial score (nSPS) is 16.5. The SMILES string of the molecule is C=N[C@H]1CCN(c2cc(NC(=O)OC(C)(C)C)n3ncc(Sc4ccccc4)c3n2)C1. The number of aliphatic imine (C=N–C) groups is 1. The first kappa shape index (κ1) is 21.2. The number of benzene rings is 1. The Balaban J connectivity index is 1.72. The molecule has 31 heavy (non-hydrogen) atoms. The summed E-state index contributed by atoms with van der Waals surface area (Å²) in [6.07, 6.45) is 2.16. The molecule has 0 radical (unpaired) electrons. The molecule has 0 saturated carbocycles. The average Bonchev–Trinajstić information content (AvgIpc) is 3.35. The number of rotatable bonds is 5. The van der Waals surface area contributed by atoms with E-state index in [0.717, 1.165) is 35.1 Å². The van der Waals surface area contributed by atoms with Crippen molar-refractivity contribution < 1.29 is 9.53 Å². The van der Waals surface area contributed by atoms with Gasteiger partial charge in [-0.25, -0.2) is 9.78 Å². The lowest BCUT2D eigenvalue weighted by Gasteiger charge is -2.21. The van der Waals surface area contributed by atoms with Crippen molar-refractivity contribution in [3.8, 4) is 0 Å². The molecule has 162 valence electrons. The van der Waals surface area contributed by atoms with Gasteiger partial charge in [-0.3, -0.25) is 10.3 Å². The third-order valence-electron chi connectivity index (χ3n) is 4.77. The fourth-order valence-electron chi connectivity index (χ4n) is 3.38. The van der Waals surface area contributed by atoms with Gasteiger partial charge in [-0.1, -0.05) is 30.0 Å². The van der Waals surface area contributed by atoms with Gasteiger partial charge >= 0.3 is 6.09 Å². The Bertz CT molecular complexity index is 1090. The summed E-state index contributed by atoms with van der Waals surface area (Å²) in [4.78, 5) is 25.7. The molecule has 0 aliphatic carbocycles. The molecular weight excluding hydrogens is 412 g/mol. The van der Waals surface area contributed by atoms with E-state index in [1.165, 1.54) is 0 Å². The number of fused-ring (bicyclic) bond motifs is 1. The highest BCUT2D eigenvalue weighted by atomic mass is 32.2. The minimum atomic E-state index is -0.602. The van der Waals surface area contributed by atoms with Crippen LogP contribution in [0.15, 0.2) is 57.4 Å². The van der Waals surface area contributed by atoms with E-state index >= 15 is 0 Å². The van der Waals surface area contributed by atoms with Gasteiger partial charge in [-0.2, -0.15) is 9.61 Å². The number of aromatic nitrogens is 3. The van der Waals surface area contributed by atoms with Gasteiger partial charge in [0.25, 0.3) is 0 Å². The molecule has 3 aromatic rings. The molecule has 8 nitrogen and oxygen atoms in total. The number of anilines is 2. The molecule has 1 fully saturated rings. The number of hydrogen-bond acceptors (Lipinski definition) is 7. The molecule has 4 rings (SSSR count). The maximum absolute atomic E-state index is 12.5. The van der Waals surface area contributed by atoms with Gasteiger partial charge in [-0.15, -0.1) is 0 Å². The van der Waals surface area contributed by atoms with E-state index in [1.54, 1.807) is 22.5 Å². The van der Waals surface area contributed by atoms with Crippen LogP contribution in [0.1, 0.15) is 27.2 Å². The lowest BCUT2D eigenvalue weighted by atomic mass is 10.2. The van der Waals surface area contributed by atoms with Crippen molar-refractivity contribution in [3.63, 3.8) is 0 Å². The largest absolute Gasteiger partial charge is 0.444 e. The van der Waals surface area contributed by atoms with Crippen molar-refractivity contribution in [2.24, 2.45) is 4.99 Å². The van der Waals surface area contributed by atoms with Crippen LogP contribution >= 0.6 is 11.8 Å². The average molecular weight is 439 g/mol. The van der Waals surface area contributed by atoms with E-state index < -0.39 is 11.7 Å². The smallest absolute Gasteiger partial charge is 0.413 e. The summed E-state index contributed by atoms with van der Waals surface area (Å²) in [5.74, 6) is 1.27. The number of ether oxygens (including phenoxy) is 1. The molecule has 2 aromatic heterocycles. The Hall–Kier alpha value is -3.07. The van der Waals surface area contributed by atoms with E-state index in [-0.39, 0.29) is 6.04 Å². The van der Waals surface area contributed by atoms with E-state index in [1.807, 2.05) is 57.2 Å². The third kappa shape index (κ3) is 4.99. The summed E-state index contributed by atoms with van der Waals surface area (Å²) in [6, 6.07) is 12.1. The van der Waals surface area contributed by atoms with Crippen LogP contribution in [-0.4, -0.2) is 52.1 Å². The van der Waals surface area contributed by atoms with Crippen molar-refractivity contribution in [2.75, 3.05) is 23.3 Å². The minimum absolute atomic E-state index is 0.184. The minimum Gasteiger partial charge on any atom is -0.444 e. The molecular formula is C22H26N6O2S. The number of hydrogen-bond donors (Lipinski definition) is 1. The zero-order valence-electron chi connectivity index (χ0n) is 17.9. The van der Waals surface area contributed by atoms with Crippen molar-refractivity contribution in [1.82, 2.24) is 14.6 Å². The first-order valence-corrected chi connectivity index (χ1v) is 11.0. The second kappa shape index (κ2) is 8.58. The van der Waals surface area contributed by atoms with Crippen LogP contribution in [-0.2, 0) is 4.74 Å². The Kier molecular flexibility index (Phi) is 5.86. The lowest BCUT2D eigenvalue weighted by Crippen LogP contribution is -2.28. The van der Waals surface area contributed by atoms with Crippen LogP contribution in [0.2, 0.25) is 0 Å². The molecule has 1 aliphatic rings. The third-order valence-corrected chi connectivity index (χ3v) is 5.79. The number of carbonyl (C=O) groups excluding carboxylic acids is 1. The molecule has 1 aromatic carbocycles. The molecule has 1 saturated heterocycles. The van der Waals surface area contributed by atoms with Crippen LogP contribution in [0.5, 0.6) is 0 Å². The van der Waals surface area contributed by atoms with Crippen LogP contribution in [0.4, 0.5) is 16.4 Å². The first-order valence-electron chi connectivity index (χ1n) is 10.1. The number of nitrogens with zero attached hydrogens (tertiary/aromatic N) is 5. The lowest BCUT2D eigenvalue weighted by molar-refractivity contribution is 0.0635. The molecule has 3 heterocycles. The molecule has 1 amide bonds. The Morgan fingerprint density at radius 2 is 2.10 bits per heavy atom. The second-order valence-electron chi connectivity index (χ2n) is 8.36. The highest BCUT2D eigenvalue weighted by Gasteiger charge is 2.25. The van der Waals surface area contributed by atoms with Crippen molar-refractivity contribution in [1.29, 1.82) is 0 Å². The zero-order chi connectivity index (χ0) is 22.0. The molecule has 1 atom stereocenters. The van der Waals surface area contributed by atoms with E-state index in [0.29, 0.717) is 11.5 Å². The summed E-state index contributed by atoms with van der Waals surface area (Å²) >= 11 is 1.58. The standard InChI is InChI=1S/C22H26N6O2S/c1-22(2,3)30-21(29)26-19-12-18(27-11-10-15(14-27)23-4)25-20-17(13-24-28(19)20)31-16-8-6-5-7-9-16/h5-9,12-13,15H,4,10-11,14H2,1-3H3,(H,26,29)/t15-/m0/s1. The second-order valence-corrected chi connectivity index (χ2v) is 9.47. The molecule has 9 heteroatoms. The Labute approximate surface area is 185 Å². The van der Waals surface area contributed by atoms with E-state index in [2.05, 4.69) is 27.0 Å². The Morgan fingerprint density at radius 3 is 2.77 bits per heavy atom. The van der Waals surface area contributed by atoms with E-state index in [9.17, 15) is 4.79 Å². The Morgan fingerprint density at radius 1 is 1.32 bits per heavy atom. The zero-order valence-corrected chi connectivity index (χ0v) is 18.7. The van der Waals surface area contributed by atoms with Gasteiger partial charge in [-0.05, 0) is 46.0 Å². The van der Waals surface area contributed by atoms with Crippen molar-refractivity contribution >= 4 is 41.9 Å². The molecule has 0 bridgehead atoms. The van der Waals surface area contributed by atoms with Crippen molar-refractivity contribution in [3.05, 3.63) is 42.6 Å². The number of nitrogens with one attached hydrogen (secondary N) is 1. The molecule has 1 N–H and O–H groups in total. The van der Waals surface area contributed by atoms with Crippen LogP contribution in [0.3, 0.4) is 0 Å². The van der Waals surface area contributed by atoms with Gasteiger partial charge in [0.15, 0.2) is 5.65 Å². The molecule has 0 spiro atoms. The summed E-state index contributed by atoms with van der Waals surface area (Å²) in [5, 5.41) is 7.31. The van der Waals surface area contributed by atoms with E-state index in [4.69, 9.17) is 9.72 Å². The van der Waals surface area contributed by atoms with Crippen LogP contribution in [0, 0.1) is 0 Å². The van der Waals surface area contributed by atoms with Gasteiger partial charge in [0, 0.05) is 24.1 Å². The number of carbonyl (C=O) groups is 1.